The predicted molar refractivity (Wildman–Crippen MR) is 77.5 cm³/mol. The number of halogens is 1. The highest BCUT2D eigenvalue weighted by Gasteiger charge is 2.32. The molecule has 2 rings (SSSR count). The van der Waals surface area contributed by atoms with E-state index in [-0.39, 0.29) is 10.9 Å². The summed E-state index contributed by atoms with van der Waals surface area (Å²) in [7, 11) is 1.76. The molecule has 114 valence electrons. The zero-order valence-corrected chi connectivity index (χ0v) is 13.4. The molecule has 1 aliphatic rings. The van der Waals surface area contributed by atoms with Gasteiger partial charge in [-0.05, 0) is 25.7 Å². The van der Waals surface area contributed by atoms with Crippen LogP contribution in [0.2, 0.25) is 0 Å². The molecule has 0 aromatic carbocycles. The lowest BCUT2D eigenvalue weighted by Gasteiger charge is -2.29. The molecule has 1 heterocycles. The number of aryl methyl sites for hydroxylation is 1. The van der Waals surface area contributed by atoms with E-state index >= 15 is 0 Å². The summed E-state index contributed by atoms with van der Waals surface area (Å²) in [4.78, 5) is 0.141. The van der Waals surface area contributed by atoms with Gasteiger partial charge in [-0.15, -0.1) is 0 Å². The smallest absolute Gasteiger partial charge is 0.264 e. The van der Waals surface area contributed by atoms with Gasteiger partial charge in [-0.2, -0.15) is 5.10 Å². The first kappa shape index (κ1) is 15.8. The quantitative estimate of drug-likeness (QED) is 0.865. The predicted octanol–water partition coefficient (Wildman–Crippen LogP) is 2.41. The van der Waals surface area contributed by atoms with Crippen LogP contribution in [-0.4, -0.2) is 29.4 Å². The van der Waals surface area contributed by atoms with E-state index < -0.39 is 15.2 Å². The maximum absolute atomic E-state index is 11.8. The standard InChI is InChI=1S/C13H21ClN2O3S/c1-3-9-13(20(14,18)19)10(4-2)16(15-9)11-7-5-6-8-12(11)17/h11-12,17H,3-8H2,1-2H3. The molecule has 2 unspecified atom stereocenters. The van der Waals surface area contributed by atoms with E-state index in [9.17, 15) is 13.5 Å². The zero-order valence-electron chi connectivity index (χ0n) is 11.8. The Balaban J connectivity index is 2.56. The molecule has 0 bridgehead atoms. The zero-order chi connectivity index (χ0) is 14.9. The van der Waals surface area contributed by atoms with Gasteiger partial charge in [-0.25, -0.2) is 8.42 Å². The normalized spacial score (nSPS) is 24.0. The van der Waals surface area contributed by atoms with Crippen LogP contribution >= 0.6 is 10.7 Å². The SMILES string of the molecule is CCc1nn(C2CCCCC2O)c(CC)c1S(=O)(=O)Cl. The molecule has 1 aromatic heterocycles. The summed E-state index contributed by atoms with van der Waals surface area (Å²) in [5.41, 5.74) is 1.11. The highest BCUT2D eigenvalue weighted by atomic mass is 35.7. The second-order valence-corrected chi connectivity index (χ2v) is 7.73. The van der Waals surface area contributed by atoms with Gasteiger partial charge < -0.3 is 5.11 Å². The van der Waals surface area contributed by atoms with Crippen molar-refractivity contribution >= 4 is 19.7 Å². The monoisotopic (exact) mass is 320 g/mol. The van der Waals surface area contributed by atoms with Gasteiger partial charge in [0.25, 0.3) is 9.05 Å². The minimum atomic E-state index is -3.82. The van der Waals surface area contributed by atoms with E-state index in [2.05, 4.69) is 5.10 Å². The average Bonchev–Trinajstić information content (AvgIpc) is 2.77. The van der Waals surface area contributed by atoms with Crippen LogP contribution in [0.15, 0.2) is 4.90 Å². The summed E-state index contributed by atoms with van der Waals surface area (Å²) in [5.74, 6) is 0. The Morgan fingerprint density at radius 2 is 1.95 bits per heavy atom. The fraction of sp³-hybridized carbons (Fsp3) is 0.769. The molecular formula is C13H21ClN2O3S. The third-order valence-electron chi connectivity index (χ3n) is 3.95. The molecule has 0 amide bonds. The molecule has 0 spiro atoms. The van der Waals surface area contributed by atoms with Crippen molar-refractivity contribution < 1.29 is 13.5 Å². The lowest BCUT2D eigenvalue weighted by atomic mass is 9.92. The van der Waals surface area contributed by atoms with E-state index in [0.29, 0.717) is 24.2 Å². The molecule has 1 saturated carbocycles. The largest absolute Gasteiger partial charge is 0.391 e. The van der Waals surface area contributed by atoms with Crippen molar-refractivity contribution in [2.75, 3.05) is 0 Å². The summed E-state index contributed by atoms with van der Waals surface area (Å²) in [5, 5.41) is 14.6. The van der Waals surface area contributed by atoms with Crippen LogP contribution in [0, 0.1) is 0 Å². The van der Waals surface area contributed by atoms with Crippen LogP contribution in [0.3, 0.4) is 0 Å². The van der Waals surface area contributed by atoms with E-state index in [0.717, 1.165) is 25.7 Å². The van der Waals surface area contributed by atoms with Crippen LogP contribution in [0.4, 0.5) is 0 Å². The Labute approximate surface area is 124 Å². The Hall–Kier alpha value is -0.590. The molecule has 1 N–H and O–H groups in total. The topological polar surface area (TPSA) is 72.2 Å². The Bertz CT molecular complexity index is 583. The van der Waals surface area contributed by atoms with Crippen LogP contribution in [0.5, 0.6) is 0 Å². The molecule has 0 aliphatic heterocycles. The number of hydrogen-bond donors (Lipinski definition) is 1. The van der Waals surface area contributed by atoms with Crippen molar-refractivity contribution in [2.24, 2.45) is 0 Å². The third kappa shape index (κ3) is 2.87. The molecule has 20 heavy (non-hydrogen) atoms. The minimum absolute atomic E-state index is 0.141. The van der Waals surface area contributed by atoms with Gasteiger partial charge in [0.1, 0.15) is 4.90 Å². The van der Waals surface area contributed by atoms with Gasteiger partial charge in [0.2, 0.25) is 0 Å². The van der Waals surface area contributed by atoms with Crippen molar-refractivity contribution in [3.8, 4) is 0 Å². The van der Waals surface area contributed by atoms with Crippen LogP contribution in [0.25, 0.3) is 0 Å². The summed E-state index contributed by atoms with van der Waals surface area (Å²) < 4.78 is 25.3. The first-order valence-corrected chi connectivity index (χ1v) is 9.44. The van der Waals surface area contributed by atoms with Crippen molar-refractivity contribution in [1.29, 1.82) is 0 Å². The minimum Gasteiger partial charge on any atom is -0.391 e. The fourth-order valence-electron chi connectivity index (χ4n) is 2.99. The Morgan fingerprint density at radius 3 is 2.45 bits per heavy atom. The van der Waals surface area contributed by atoms with Crippen LogP contribution in [-0.2, 0) is 21.9 Å². The first-order chi connectivity index (χ1) is 9.40. The van der Waals surface area contributed by atoms with Gasteiger partial charge in [-0.3, -0.25) is 4.68 Å². The van der Waals surface area contributed by atoms with Crippen LogP contribution in [0.1, 0.15) is 57.0 Å². The number of hydrogen-bond acceptors (Lipinski definition) is 4. The first-order valence-electron chi connectivity index (χ1n) is 7.13. The van der Waals surface area contributed by atoms with Gasteiger partial charge in [0.05, 0.1) is 23.5 Å². The van der Waals surface area contributed by atoms with Crippen molar-refractivity contribution in [2.45, 2.75) is 69.4 Å². The van der Waals surface area contributed by atoms with Gasteiger partial charge in [0, 0.05) is 10.7 Å². The molecule has 1 fully saturated rings. The number of aromatic nitrogens is 2. The molecular weight excluding hydrogens is 300 g/mol. The maximum atomic E-state index is 11.8. The van der Waals surface area contributed by atoms with E-state index in [1.807, 2.05) is 13.8 Å². The van der Waals surface area contributed by atoms with Crippen molar-refractivity contribution in [1.82, 2.24) is 9.78 Å². The third-order valence-corrected chi connectivity index (χ3v) is 5.37. The average molecular weight is 321 g/mol. The lowest BCUT2D eigenvalue weighted by molar-refractivity contribution is 0.0677. The van der Waals surface area contributed by atoms with Gasteiger partial charge in [0.15, 0.2) is 0 Å². The Kier molecular flexibility index (Phi) is 4.76. The number of nitrogens with zero attached hydrogens (tertiary/aromatic N) is 2. The molecule has 0 saturated heterocycles. The summed E-state index contributed by atoms with van der Waals surface area (Å²) in [6.45, 7) is 3.74. The molecule has 5 nitrogen and oxygen atoms in total. The van der Waals surface area contributed by atoms with Gasteiger partial charge in [-0.1, -0.05) is 26.7 Å². The van der Waals surface area contributed by atoms with E-state index in [1.165, 1.54) is 0 Å². The maximum Gasteiger partial charge on any atom is 0.264 e. The molecule has 1 aliphatic carbocycles. The fourth-order valence-corrected chi connectivity index (χ4v) is 4.51. The Morgan fingerprint density at radius 1 is 1.30 bits per heavy atom. The van der Waals surface area contributed by atoms with Crippen LogP contribution < -0.4 is 0 Å². The lowest BCUT2D eigenvalue weighted by Crippen LogP contribution is -2.29. The number of aliphatic hydroxyl groups is 1. The molecule has 1 aromatic rings. The number of aliphatic hydroxyl groups excluding tert-OH is 1. The molecule has 7 heteroatoms. The highest BCUT2D eigenvalue weighted by molar-refractivity contribution is 8.13. The van der Waals surface area contributed by atoms with Gasteiger partial charge >= 0.3 is 0 Å². The second kappa shape index (κ2) is 6.03. The second-order valence-electron chi connectivity index (χ2n) is 5.23. The molecule has 2 atom stereocenters. The highest BCUT2D eigenvalue weighted by Crippen LogP contribution is 2.33. The summed E-state index contributed by atoms with van der Waals surface area (Å²) >= 11 is 0. The summed E-state index contributed by atoms with van der Waals surface area (Å²) in [6, 6.07) is -0.142. The summed E-state index contributed by atoms with van der Waals surface area (Å²) in [6.07, 6.45) is 4.14. The van der Waals surface area contributed by atoms with Crippen molar-refractivity contribution in [3.05, 3.63) is 11.4 Å². The molecule has 0 radical (unpaired) electrons. The van der Waals surface area contributed by atoms with E-state index in [4.69, 9.17) is 10.7 Å². The number of rotatable bonds is 4. The van der Waals surface area contributed by atoms with E-state index in [1.54, 1.807) is 4.68 Å². The van der Waals surface area contributed by atoms with Crippen molar-refractivity contribution in [3.63, 3.8) is 0 Å².